The van der Waals surface area contributed by atoms with E-state index in [0.29, 0.717) is 0 Å². The molecule has 0 spiro atoms. The van der Waals surface area contributed by atoms with Crippen molar-refractivity contribution in [3.8, 4) is 21.1 Å². The zero-order valence-corrected chi connectivity index (χ0v) is 12.4. The van der Waals surface area contributed by atoms with Crippen LogP contribution in [0.1, 0.15) is 0 Å². The third-order valence-electron chi connectivity index (χ3n) is 2.58. The predicted molar refractivity (Wildman–Crippen MR) is 83.2 cm³/mol. The zero-order chi connectivity index (χ0) is 13.2. The quantitative estimate of drug-likeness (QED) is 0.766. The number of thiazole rings is 2. The summed E-state index contributed by atoms with van der Waals surface area (Å²) in [6, 6.07) is 7.73. The van der Waals surface area contributed by atoms with E-state index < -0.39 is 0 Å². The summed E-state index contributed by atoms with van der Waals surface area (Å²) in [6.07, 6.45) is 1.85. The second-order valence-electron chi connectivity index (χ2n) is 3.80. The van der Waals surface area contributed by atoms with Crippen molar-refractivity contribution >= 4 is 39.4 Å². The van der Waals surface area contributed by atoms with Gasteiger partial charge in [-0.1, -0.05) is 29.8 Å². The van der Waals surface area contributed by atoms with Gasteiger partial charge in [-0.3, -0.25) is 0 Å². The maximum absolute atomic E-state index is 6.18. The molecular formula is C13H10ClN3S2. The summed E-state index contributed by atoms with van der Waals surface area (Å²) in [4.78, 5) is 9.96. The van der Waals surface area contributed by atoms with Crippen molar-refractivity contribution in [2.75, 3.05) is 12.4 Å². The minimum atomic E-state index is 0.720. The lowest BCUT2D eigenvalue weighted by atomic mass is 10.2. The number of hydrogen-bond acceptors (Lipinski definition) is 5. The lowest BCUT2D eigenvalue weighted by Gasteiger charge is -1.97. The number of benzene rings is 1. The van der Waals surface area contributed by atoms with Crippen molar-refractivity contribution in [3.05, 3.63) is 40.9 Å². The topological polar surface area (TPSA) is 37.8 Å². The molecule has 1 aromatic carbocycles. The average Bonchev–Trinajstić information content (AvgIpc) is 3.08. The average molecular weight is 308 g/mol. The molecular weight excluding hydrogens is 298 g/mol. The first-order valence-corrected chi connectivity index (χ1v) is 7.69. The summed E-state index contributed by atoms with van der Waals surface area (Å²) in [7, 11) is 1.87. The zero-order valence-electron chi connectivity index (χ0n) is 10.1. The Labute approximate surface area is 123 Å². The highest BCUT2D eigenvalue weighted by molar-refractivity contribution is 7.19. The van der Waals surface area contributed by atoms with Crippen LogP contribution in [-0.4, -0.2) is 17.0 Å². The molecule has 0 amide bonds. The fraction of sp³-hybridized carbons (Fsp3) is 0.0769. The summed E-state index contributed by atoms with van der Waals surface area (Å²) in [5.41, 5.74) is 1.91. The van der Waals surface area contributed by atoms with Crippen LogP contribution in [0.15, 0.2) is 35.8 Å². The predicted octanol–water partition coefficient (Wildman–Crippen LogP) is 4.63. The van der Waals surface area contributed by atoms with Gasteiger partial charge in [-0.25, -0.2) is 9.97 Å². The van der Waals surface area contributed by atoms with Gasteiger partial charge < -0.3 is 5.32 Å². The summed E-state index contributed by atoms with van der Waals surface area (Å²) < 4.78 is 0. The molecule has 0 unspecified atom stereocenters. The molecule has 3 rings (SSSR count). The van der Waals surface area contributed by atoms with Gasteiger partial charge in [0.1, 0.15) is 5.01 Å². The Morgan fingerprint density at radius 2 is 2.11 bits per heavy atom. The van der Waals surface area contributed by atoms with Crippen molar-refractivity contribution in [2.24, 2.45) is 0 Å². The van der Waals surface area contributed by atoms with Gasteiger partial charge in [-0.15, -0.1) is 22.7 Å². The van der Waals surface area contributed by atoms with Crippen molar-refractivity contribution in [3.63, 3.8) is 0 Å². The molecule has 0 saturated carbocycles. The highest BCUT2D eigenvalue weighted by atomic mass is 35.5. The molecule has 3 aromatic rings. The second-order valence-corrected chi connectivity index (χ2v) is 6.09. The van der Waals surface area contributed by atoms with E-state index in [0.717, 1.165) is 31.3 Å². The molecule has 0 aliphatic rings. The number of nitrogens with zero attached hydrogens (tertiary/aromatic N) is 2. The standard InChI is InChI=1S/C13H10ClN3S2/c1-15-13-17-10(7-18-13)11-6-16-12(19-11)8-4-2-3-5-9(8)14/h2-7H,1H3,(H,15,17). The molecule has 3 nitrogen and oxygen atoms in total. The Bertz CT molecular complexity index is 705. The third kappa shape index (κ3) is 2.49. The number of nitrogens with one attached hydrogen (secondary N) is 1. The Morgan fingerprint density at radius 1 is 1.26 bits per heavy atom. The van der Waals surface area contributed by atoms with Crippen molar-refractivity contribution in [2.45, 2.75) is 0 Å². The monoisotopic (exact) mass is 307 g/mol. The summed E-state index contributed by atoms with van der Waals surface area (Å²) in [6.45, 7) is 0. The molecule has 0 aliphatic carbocycles. The van der Waals surface area contributed by atoms with Crippen LogP contribution in [0.4, 0.5) is 5.13 Å². The largest absolute Gasteiger partial charge is 0.365 e. The van der Waals surface area contributed by atoms with E-state index in [-0.39, 0.29) is 0 Å². The van der Waals surface area contributed by atoms with Crippen molar-refractivity contribution in [1.82, 2.24) is 9.97 Å². The highest BCUT2D eigenvalue weighted by Crippen LogP contribution is 2.36. The third-order valence-corrected chi connectivity index (χ3v) is 4.82. The van der Waals surface area contributed by atoms with Gasteiger partial charge in [0, 0.05) is 24.2 Å². The lowest BCUT2D eigenvalue weighted by Crippen LogP contribution is -1.84. The second kappa shape index (κ2) is 5.28. The minimum Gasteiger partial charge on any atom is -0.365 e. The number of aromatic nitrogens is 2. The first-order valence-electron chi connectivity index (χ1n) is 5.62. The van der Waals surface area contributed by atoms with E-state index in [2.05, 4.69) is 15.3 Å². The van der Waals surface area contributed by atoms with Crippen LogP contribution in [0.3, 0.4) is 0 Å². The Hall–Kier alpha value is -1.43. The van der Waals surface area contributed by atoms with Crippen LogP contribution in [-0.2, 0) is 0 Å². The summed E-state index contributed by atoms with van der Waals surface area (Å²) in [5, 5.41) is 7.60. The maximum Gasteiger partial charge on any atom is 0.182 e. The van der Waals surface area contributed by atoms with Crippen molar-refractivity contribution < 1.29 is 0 Å². The van der Waals surface area contributed by atoms with Crippen LogP contribution >= 0.6 is 34.3 Å². The number of anilines is 1. The van der Waals surface area contributed by atoms with E-state index in [4.69, 9.17) is 11.6 Å². The fourth-order valence-electron chi connectivity index (χ4n) is 1.65. The van der Waals surface area contributed by atoms with E-state index in [9.17, 15) is 0 Å². The molecule has 0 fully saturated rings. The molecule has 0 atom stereocenters. The number of rotatable bonds is 3. The molecule has 0 saturated heterocycles. The Morgan fingerprint density at radius 3 is 2.84 bits per heavy atom. The molecule has 1 N–H and O–H groups in total. The van der Waals surface area contributed by atoms with Gasteiger partial charge >= 0.3 is 0 Å². The first kappa shape index (κ1) is 12.6. The Balaban J connectivity index is 1.97. The molecule has 0 bridgehead atoms. The smallest absolute Gasteiger partial charge is 0.182 e. The fourth-order valence-corrected chi connectivity index (χ4v) is 3.60. The summed E-state index contributed by atoms with van der Waals surface area (Å²) >= 11 is 9.36. The van der Waals surface area contributed by atoms with Gasteiger partial charge in [-0.2, -0.15) is 0 Å². The van der Waals surface area contributed by atoms with Gasteiger partial charge in [0.25, 0.3) is 0 Å². The summed E-state index contributed by atoms with van der Waals surface area (Å²) in [5.74, 6) is 0. The number of halogens is 1. The molecule has 2 heterocycles. The molecule has 19 heavy (non-hydrogen) atoms. The SMILES string of the molecule is CNc1nc(-c2cnc(-c3ccccc3Cl)s2)cs1. The molecule has 2 aromatic heterocycles. The van der Waals surface area contributed by atoms with Gasteiger partial charge in [-0.05, 0) is 6.07 Å². The van der Waals surface area contributed by atoms with Crippen LogP contribution < -0.4 is 5.32 Å². The lowest BCUT2D eigenvalue weighted by molar-refractivity contribution is 1.36. The normalized spacial score (nSPS) is 10.6. The van der Waals surface area contributed by atoms with E-state index >= 15 is 0 Å². The highest BCUT2D eigenvalue weighted by Gasteiger charge is 2.11. The van der Waals surface area contributed by atoms with Gasteiger partial charge in [0.05, 0.1) is 15.6 Å². The van der Waals surface area contributed by atoms with Crippen LogP contribution in [0.2, 0.25) is 5.02 Å². The van der Waals surface area contributed by atoms with Crippen molar-refractivity contribution in [1.29, 1.82) is 0 Å². The van der Waals surface area contributed by atoms with E-state index in [1.807, 2.05) is 42.9 Å². The number of hydrogen-bond donors (Lipinski definition) is 1. The molecule has 6 heteroatoms. The molecule has 0 aliphatic heterocycles. The molecule has 96 valence electrons. The van der Waals surface area contributed by atoms with Crippen LogP contribution in [0, 0.1) is 0 Å². The first-order chi connectivity index (χ1) is 9.28. The molecule has 0 radical (unpaired) electrons. The Kier molecular flexibility index (Phi) is 3.50. The van der Waals surface area contributed by atoms with Crippen LogP contribution in [0.5, 0.6) is 0 Å². The van der Waals surface area contributed by atoms with E-state index in [1.165, 1.54) is 0 Å². The van der Waals surface area contributed by atoms with Crippen LogP contribution in [0.25, 0.3) is 21.1 Å². The van der Waals surface area contributed by atoms with Gasteiger partial charge in [0.2, 0.25) is 0 Å². The van der Waals surface area contributed by atoms with Gasteiger partial charge in [0.15, 0.2) is 5.13 Å². The van der Waals surface area contributed by atoms with E-state index in [1.54, 1.807) is 22.7 Å². The maximum atomic E-state index is 6.18. The minimum absolute atomic E-state index is 0.720.